The summed E-state index contributed by atoms with van der Waals surface area (Å²) in [6.07, 6.45) is -1.15. The normalized spacial score (nSPS) is 12.7. The second-order valence-corrected chi connectivity index (χ2v) is 5.88. The Morgan fingerprint density at radius 3 is 2.20 bits per heavy atom. The molecule has 0 atom stereocenters. The van der Waals surface area contributed by atoms with Gasteiger partial charge in [0.05, 0.1) is 4.90 Å². The van der Waals surface area contributed by atoms with Crippen LogP contribution in [0.1, 0.15) is 0 Å². The number of hydrogen-bond donors (Lipinski definition) is 2. The zero-order valence-corrected chi connectivity index (χ0v) is 9.19. The van der Waals surface area contributed by atoms with Gasteiger partial charge in [-0.2, -0.15) is 8.42 Å². The van der Waals surface area contributed by atoms with Crippen LogP contribution in [0.3, 0.4) is 0 Å². The third-order valence-corrected chi connectivity index (χ3v) is 3.33. The summed E-state index contributed by atoms with van der Waals surface area (Å²) in [5.74, 6) is 0. The molecule has 0 aliphatic rings. The second kappa shape index (κ2) is 4.42. The minimum atomic E-state index is -4.48. The highest BCUT2D eigenvalue weighted by atomic mass is 32.2. The van der Waals surface area contributed by atoms with Crippen LogP contribution in [-0.4, -0.2) is 24.6 Å². The van der Waals surface area contributed by atoms with Crippen LogP contribution in [0.5, 0.6) is 0 Å². The first-order valence-corrected chi connectivity index (χ1v) is 7.01. The lowest BCUT2D eigenvalue weighted by atomic mass is 10.4. The van der Waals surface area contributed by atoms with E-state index in [1.165, 1.54) is 24.3 Å². The van der Waals surface area contributed by atoms with E-state index in [-0.39, 0.29) is 4.90 Å². The Morgan fingerprint density at radius 1 is 1.20 bits per heavy atom. The number of benzene rings is 1. The SMILES string of the molecule is O=P(O)(O)COS(=O)(=O)c1ccccc1. The Morgan fingerprint density at radius 2 is 1.73 bits per heavy atom. The average molecular weight is 252 g/mol. The lowest BCUT2D eigenvalue weighted by Gasteiger charge is -2.06. The van der Waals surface area contributed by atoms with Gasteiger partial charge in [0, 0.05) is 0 Å². The zero-order chi connectivity index (χ0) is 11.5. The smallest absolute Gasteiger partial charge is 0.323 e. The molecule has 0 aliphatic carbocycles. The number of hydrogen-bond acceptors (Lipinski definition) is 4. The monoisotopic (exact) mass is 252 g/mol. The predicted molar refractivity (Wildman–Crippen MR) is 51.6 cm³/mol. The van der Waals surface area contributed by atoms with Gasteiger partial charge in [0.1, 0.15) is 0 Å². The maximum atomic E-state index is 11.3. The van der Waals surface area contributed by atoms with Crippen LogP contribution in [0.15, 0.2) is 35.2 Å². The topological polar surface area (TPSA) is 101 Å². The molecule has 1 aromatic carbocycles. The fraction of sp³-hybridized carbons (Fsp3) is 0.143. The van der Waals surface area contributed by atoms with Gasteiger partial charge in [-0.3, -0.25) is 8.75 Å². The van der Waals surface area contributed by atoms with E-state index in [2.05, 4.69) is 4.18 Å². The van der Waals surface area contributed by atoms with Gasteiger partial charge >= 0.3 is 7.60 Å². The molecule has 15 heavy (non-hydrogen) atoms. The van der Waals surface area contributed by atoms with E-state index in [9.17, 15) is 13.0 Å². The van der Waals surface area contributed by atoms with Crippen LogP contribution < -0.4 is 0 Å². The Bertz CT molecular complexity index is 462. The lowest BCUT2D eigenvalue weighted by Crippen LogP contribution is -2.07. The highest BCUT2D eigenvalue weighted by molar-refractivity contribution is 7.87. The van der Waals surface area contributed by atoms with Gasteiger partial charge in [-0.25, -0.2) is 0 Å². The third-order valence-electron chi connectivity index (χ3n) is 1.41. The first kappa shape index (κ1) is 12.4. The van der Waals surface area contributed by atoms with Crippen molar-refractivity contribution in [3.63, 3.8) is 0 Å². The van der Waals surface area contributed by atoms with Gasteiger partial charge < -0.3 is 9.79 Å². The summed E-state index contributed by atoms with van der Waals surface area (Å²) in [7, 11) is -8.57. The fourth-order valence-corrected chi connectivity index (χ4v) is 2.52. The van der Waals surface area contributed by atoms with Crippen molar-refractivity contribution in [1.29, 1.82) is 0 Å². The van der Waals surface area contributed by atoms with Crippen molar-refractivity contribution >= 4 is 17.7 Å². The Kier molecular flexibility index (Phi) is 3.64. The molecule has 2 N–H and O–H groups in total. The van der Waals surface area contributed by atoms with Crippen LogP contribution in [-0.2, 0) is 18.9 Å². The van der Waals surface area contributed by atoms with Crippen molar-refractivity contribution in [3.05, 3.63) is 30.3 Å². The molecule has 1 aromatic rings. The molecule has 0 bridgehead atoms. The summed E-state index contributed by atoms with van der Waals surface area (Å²) in [4.78, 5) is 16.8. The second-order valence-electron chi connectivity index (χ2n) is 2.68. The molecule has 1 rings (SSSR count). The van der Waals surface area contributed by atoms with E-state index in [0.717, 1.165) is 0 Å². The summed E-state index contributed by atoms with van der Waals surface area (Å²) in [5.41, 5.74) is 0. The van der Waals surface area contributed by atoms with Gasteiger partial charge in [-0.05, 0) is 12.1 Å². The molecular weight excluding hydrogens is 243 g/mol. The average Bonchev–Trinajstić information content (AvgIpc) is 2.16. The summed E-state index contributed by atoms with van der Waals surface area (Å²) in [6.45, 7) is 0. The van der Waals surface area contributed by atoms with Gasteiger partial charge in [0.2, 0.25) is 0 Å². The minimum absolute atomic E-state index is 0.140. The molecule has 0 aromatic heterocycles. The Labute approximate surface area is 86.8 Å². The molecule has 0 fully saturated rings. The van der Waals surface area contributed by atoms with E-state index in [0.29, 0.717) is 0 Å². The summed E-state index contributed by atoms with van der Waals surface area (Å²) < 4.78 is 37.2. The summed E-state index contributed by atoms with van der Waals surface area (Å²) in [5, 5.41) is 0. The van der Waals surface area contributed by atoms with Crippen molar-refractivity contribution in [3.8, 4) is 0 Å². The quantitative estimate of drug-likeness (QED) is 0.598. The van der Waals surface area contributed by atoms with Crippen molar-refractivity contribution in [2.24, 2.45) is 0 Å². The van der Waals surface area contributed by atoms with Crippen molar-refractivity contribution in [2.45, 2.75) is 4.90 Å². The lowest BCUT2D eigenvalue weighted by molar-refractivity contribution is 0.301. The van der Waals surface area contributed by atoms with Crippen LogP contribution >= 0.6 is 7.60 Å². The molecule has 0 unspecified atom stereocenters. The van der Waals surface area contributed by atoms with Crippen LogP contribution in [0.2, 0.25) is 0 Å². The molecule has 6 nitrogen and oxygen atoms in total. The number of rotatable bonds is 4. The van der Waals surface area contributed by atoms with E-state index >= 15 is 0 Å². The maximum Gasteiger partial charge on any atom is 0.352 e. The molecule has 0 amide bonds. The molecule has 0 saturated heterocycles. The van der Waals surface area contributed by atoms with E-state index < -0.39 is 24.1 Å². The first-order valence-electron chi connectivity index (χ1n) is 3.80. The van der Waals surface area contributed by atoms with E-state index in [1.54, 1.807) is 6.07 Å². The van der Waals surface area contributed by atoms with Crippen LogP contribution in [0.25, 0.3) is 0 Å². The van der Waals surface area contributed by atoms with Crippen LogP contribution in [0, 0.1) is 0 Å². The first-order chi connectivity index (χ1) is 6.81. The maximum absolute atomic E-state index is 11.3. The zero-order valence-electron chi connectivity index (χ0n) is 7.48. The van der Waals surface area contributed by atoms with E-state index in [4.69, 9.17) is 9.79 Å². The molecule has 0 radical (unpaired) electrons. The highest BCUT2D eigenvalue weighted by Crippen LogP contribution is 2.35. The molecule has 0 heterocycles. The molecule has 8 heteroatoms. The standard InChI is InChI=1S/C7H9O6PS/c8-14(9,10)6-13-15(11,12)7-4-2-1-3-5-7/h1-5H,6H2,(H2,8,9,10). The predicted octanol–water partition coefficient (Wildman–Crippen LogP) is 0.527. The molecule has 0 aliphatic heterocycles. The summed E-state index contributed by atoms with van der Waals surface area (Å²) in [6, 6.07) is 7.12. The van der Waals surface area contributed by atoms with Crippen molar-refractivity contribution in [2.75, 3.05) is 6.35 Å². The van der Waals surface area contributed by atoms with Crippen molar-refractivity contribution < 1.29 is 27.0 Å². The molecular formula is C7H9O6PS. The Hall–Kier alpha value is -0.720. The Balaban J connectivity index is 2.82. The van der Waals surface area contributed by atoms with Gasteiger partial charge in [-0.1, -0.05) is 18.2 Å². The van der Waals surface area contributed by atoms with Gasteiger partial charge in [-0.15, -0.1) is 0 Å². The molecule has 0 saturated carbocycles. The van der Waals surface area contributed by atoms with Gasteiger partial charge in [0.15, 0.2) is 6.35 Å². The third kappa shape index (κ3) is 4.11. The minimum Gasteiger partial charge on any atom is -0.323 e. The van der Waals surface area contributed by atoms with Gasteiger partial charge in [0.25, 0.3) is 10.1 Å². The van der Waals surface area contributed by atoms with E-state index in [1.807, 2.05) is 0 Å². The summed E-state index contributed by atoms with van der Waals surface area (Å²) >= 11 is 0. The van der Waals surface area contributed by atoms with Crippen LogP contribution in [0.4, 0.5) is 0 Å². The van der Waals surface area contributed by atoms with Crippen molar-refractivity contribution in [1.82, 2.24) is 0 Å². The largest absolute Gasteiger partial charge is 0.352 e. The molecule has 0 spiro atoms. The molecule has 84 valence electrons. The highest BCUT2D eigenvalue weighted by Gasteiger charge is 2.21. The fourth-order valence-electron chi connectivity index (χ4n) is 0.793.